The highest BCUT2D eigenvalue weighted by atomic mass is 35.5. The van der Waals surface area contributed by atoms with Gasteiger partial charge in [-0.05, 0) is 34.9 Å². The number of alkyl halides is 1. The number of amides is 1. The van der Waals surface area contributed by atoms with E-state index in [1.165, 1.54) is 0 Å². The summed E-state index contributed by atoms with van der Waals surface area (Å²) in [7, 11) is 0. The molecule has 0 saturated heterocycles. The Balaban J connectivity index is 1.83. The van der Waals surface area contributed by atoms with E-state index in [-0.39, 0.29) is 5.91 Å². The number of anilines is 1. The minimum atomic E-state index is -0.128. The quantitative estimate of drug-likeness (QED) is 0.874. The zero-order chi connectivity index (χ0) is 13.9. The van der Waals surface area contributed by atoms with Crippen LogP contribution in [0.15, 0.2) is 42.5 Å². The van der Waals surface area contributed by atoms with Crippen LogP contribution in [0.3, 0.4) is 0 Å². The number of hydrogen-bond acceptors (Lipinski definition) is 2. The Labute approximate surface area is 122 Å². The lowest BCUT2D eigenvalue weighted by Crippen LogP contribution is -2.13. The number of nitrogens with one attached hydrogen (secondary N) is 1. The van der Waals surface area contributed by atoms with Crippen LogP contribution in [0.1, 0.15) is 27.0 Å². The van der Waals surface area contributed by atoms with Crippen molar-refractivity contribution in [2.75, 3.05) is 5.32 Å². The molecule has 1 amide bonds. The summed E-state index contributed by atoms with van der Waals surface area (Å²) in [5, 5.41) is 2.90. The van der Waals surface area contributed by atoms with Crippen molar-refractivity contribution < 1.29 is 9.53 Å². The molecule has 3 rings (SSSR count). The molecule has 0 aromatic heterocycles. The summed E-state index contributed by atoms with van der Waals surface area (Å²) in [6.45, 7) is 1.21. The van der Waals surface area contributed by atoms with Gasteiger partial charge >= 0.3 is 0 Å². The molecule has 1 aliphatic heterocycles. The summed E-state index contributed by atoms with van der Waals surface area (Å²) in [5.41, 5.74) is 4.54. The van der Waals surface area contributed by atoms with Crippen molar-refractivity contribution in [2.45, 2.75) is 19.1 Å². The van der Waals surface area contributed by atoms with Gasteiger partial charge in [-0.2, -0.15) is 0 Å². The standard InChI is InChI=1S/C16H14ClNO2/c17-8-12-3-1-2-4-15(12)18-16(19)11-5-6-13-9-20-10-14(13)7-11/h1-7H,8-10H2,(H,18,19). The molecule has 102 valence electrons. The lowest BCUT2D eigenvalue weighted by Gasteiger charge is -2.09. The normalized spacial score (nSPS) is 13.1. The third-order valence-corrected chi connectivity index (χ3v) is 3.68. The molecule has 0 fully saturated rings. The molecule has 0 unspecified atom stereocenters. The number of ether oxygens (including phenoxy) is 1. The molecular formula is C16H14ClNO2. The van der Waals surface area contributed by atoms with Crippen LogP contribution in [-0.4, -0.2) is 5.91 Å². The molecule has 2 aromatic carbocycles. The smallest absolute Gasteiger partial charge is 0.255 e. The Kier molecular flexibility index (Phi) is 3.72. The number of hydrogen-bond donors (Lipinski definition) is 1. The number of fused-ring (bicyclic) bond motifs is 1. The SMILES string of the molecule is O=C(Nc1ccccc1CCl)c1ccc2c(c1)COC2. The zero-order valence-corrected chi connectivity index (χ0v) is 11.6. The van der Waals surface area contributed by atoms with Gasteiger partial charge in [0.05, 0.1) is 13.2 Å². The van der Waals surface area contributed by atoms with Gasteiger partial charge < -0.3 is 10.1 Å². The van der Waals surface area contributed by atoms with Gasteiger partial charge in [0.2, 0.25) is 0 Å². The minimum absolute atomic E-state index is 0.128. The predicted molar refractivity (Wildman–Crippen MR) is 78.9 cm³/mol. The highest BCUT2D eigenvalue weighted by molar-refractivity contribution is 6.17. The fourth-order valence-corrected chi connectivity index (χ4v) is 2.50. The summed E-state index contributed by atoms with van der Waals surface area (Å²) in [5.74, 6) is 0.242. The number of benzene rings is 2. The number of rotatable bonds is 3. The highest BCUT2D eigenvalue weighted by Crippen LogP contribution is 2.22. The lowest BCUT2D eigenvalue weighted by atomic mass is 10.1. The van der Waals surface area contributed by atoms with Crippen molar-refractivity contribution in [2.24, 2.45) is 0 Å². The molecular weight excluding hydrogens is 274 g/mol. The van der Waals surface area contributed by atoms with Crippen molar-refractivity contribution >= 4 is 23.2 Å². The third-order valence-electron chi connectivity index (χ3n) is 3.39. The Morgan fingerprint density at radius 2 is 1.95 bits per heavy atom. The highest BCUT2D eigenvalue weighted by Gasteiger charge is 2.15. The molecule has 4 heteroatoms. The van der Waals surface area contributed by atoms with Crippen LogP contribution in [-0.2, 0) is 23.8 Å². The van der Waals surface area contributed by atoms with Crippen LogP contribution in [0.4, 0.5) is 5.69 Å². The predicted octanol–water partition coefficient (Wildman–Crippen LogP) is 3.71. The first-order valence-corrected chi connectivity index (χ1v) is 6.96. The van der Waals surface area contributed by atoms with Gasteiger partial charge in [0.25, 0.3) is 5.91 Å². The van der Waals surface area contributed by atoms with Crippen LogP contribution in [0.5, 0.6) is 0 Å². The first-order valence-electron chi connectivity index (χ1n) is 6.42. The average molecular weight is 288 g/mol. The molecule has 3 nitrogen and oxygen atoms in total. The fourth-order valence-electron chi connectivity index (χ4n) is 2.27. The van der Waals surface area contributed by atoms with Gasteiger partial charge in [-0.15, -0.1) is 11.6 Å². The summed E-state index contributed by atoms with van der Waals surface area (Å²) in [6, 6.07) is 13.2. The molecule has 2 aromatic rings. The lowest BCUT2D eigenvalue weighted by molar-refractivity contribution is 0.102. The number of halogens is 1. The molecule has 0 aliphatic carbocycles. The van der Waals surface area contributed by atoms with E-state index in [9.17, 15) is 4.79 Å². The van der Waals surface area contributed by atoms with Gasteiger partial charge in [0.1, 0.15) is 0 Å². The van der Waals surface area contributed by atoms with Crippen molar-refractivity contribution in [3.8, 4) is 0 Å². The van der Waals surface area contributed by atoms with Gasteiger partial charge in [-0.3, -0.25) is 4.79 Å². The maximum atomic E-state index is 12.3. The van der Waals surface area contributed by atoms with E-state index in [2.05, 4.69) is 5.32 Å². The van der Waals surface area contributed by atoms with Gasteiger partial charge in [0, 0.05) is 17.1 Å². The zero-order valence-electron chi connectivity index (χ0n) is 10.9. The number of para-hydroxylation sites is 1. The minimum Gasteiger partial charge on any atom is -0.372 e. The second kappa shape index (κ2) is 5.65. The molecule has 20 heavy (non-hydrogen) atoms. The van der Waals surface area contributed by atoms with E-state index in [0.29, 0.717) is 24.7 Å². The first-order chi connectivity index (χ1) is 9.78. The summed E-state index contributed by atoms with van der Waals surface area (Å²) in [6.07, 6.45) is 0. The molecule has 1 N–H and O–H groups in total. The van der Waals surface area contributed by atoms with Crippen LogP contribution >= 0.6 is 11.6 Å². The Bertz CT molecular complexity index is 655. The van der Waals surface area contributed by atoms with Crippen LogP contribution in [0, 0.1) is 0 Å². The Hall–Kier alpha value is -1.84. The first kappa shape index (κ1) is 13.2. The van der Waals surface area contributed by atoms with E-state index in [1.807, 2.05) is 42.5 Å². The third kappa shape index (κ3) is 2.55. The van der Waals surface area contributed by atoms with Crippen molar-refractivity contribution in [3.05, 3.63) is 64.7 Å². The second-order valence-corrected chi connectivity index (χ2v) is 4.99. The maximum absolute atomic E-state index is 12.3. The van der Waals surface area contributed by atoms with Crippen LogP contribution in [0.2, 0.25) is 0 Å². The fraction of sp³-hybridized carbons (Fsp3) is 0.188. The summed E-state index contributed by atoms with van der Waals surface area (Å²) in [4.78, 5) is 12.3. The van der Waals surface area contributed by atoms with Gasteiger partial charge in [0.15, 0.2) is 0 Å². The molecule has 1 heterocycles. The van der Waals surface area contributed by atoms with E-state index >= 15 is 0 Å². The Morgan fingerprint density at radius 1 is 1.15 bits per heavy atom. The largest absolute Gasteiger partial charge is 0.372 e. The van der Waals surface area contributed by atoms with E-state index < -0.39 is 0 Å². The van der Waals surface area contributed by atoms with Crippen molar-refractivity contribution in [1.82, 2.24) is 0 Å². The molecule has 0 radical (unpaired) electrons. The number of carbonyl (C=O) groups excluding carboxylic acids is 1. The maximum Gasteiger partial charge on any atom is 0.255 e. The average Bonchev–Trinajstić information content (AvgIpc) is 2.95. The van der Waals surface area contributed by atoms with E-state index in [1.54, 1.807) is 0 Å². The molecule has 1 aliphatic rings. The van der Waals surface area contributed by atoms with Crippen molar-refractivity contribution in [1.29, 1.82) is 0 Å². The summed E-state index contributed by atoms with van der Waals surface area (Å²) >= 11 is 5.87. The van der Waals surface area contributed by atoms with Gasteiger partial charge in [-0.1, -0.05) is 24.3 Å². The molecule has 0 saturated carbocycles. The van der Waals surface area contributed by atoms with Gasteiger partial charge in [-0.25, -0.2) is 0 Å². The summed E-state index contributed by atoms with van der Waals surface area (Å²) < 4.78 is 5.36. The Morgan fingerprint density at radius 3 is 2.80 bits per heavy atom. The topological polar surface area (TPSA) is 38.3 Å². The molecule has 0 bridgehead atoms. The molecule has 0 spiro atoms. The molecule has 0 atom stereocenters. The number of carbonyl (C=O) groups is 1. The van der Waals surface area contributed by atoms with Crippen LogP contribution in [0.25, 0.3) is 0 Å². The van der Waals surface area contributed by atoms with E-state index in [0.717, 1.165) is 22.4 Å². The monoisotopic (exact) mass is 287 g/mol. The van der Waals surface area contributed by atoms with E-state index in [4.69, 9.17) is 16.3 Å². The van der Waals surface area contributed by atoms with Crippen LogP contribution < -0.4 is 5.32 Å². The second-order valence-electron chi connectivity index (χ2n) is 4.72. The van der Waals surface area contributed by atoms with Crippen molar-refractivity contribution in [3.63, 3.8) is 0 Å².